The third-order valence-corrected chi connectivity index (χ3v) is 4.36. The summed E-state index contributed by atoms with van der Waals surface area (Å²) in [5, 5.41) is 3.05. The molecule has 10 heteroatoms. The molecule has 2 heterocycles. The van der Waals surface area contributed by atoms with E-state index in [-0.39, 0.29) is 18.0 Å². The second-order valence-corrected chi connectivity index (χ2v) is 6.73. The van der Waals surface area contributed by atoms with Gasteiger partial charge in [-0.15, -0.1) is 0 Å². The van der Waals surface area contributed by atoms with Crippen molar-refractivity contribution in [3.8, 4) is 0 Å². The van der Waals surface area contributed by atoms with Crippen molar-refractivity contribution in [1.82, 2.24) is 19.5 Å². The van der Waals surface area contributed by atoms with Gasteiger partial charge < -0.3 is 16.0 Å². The van der Waals surface area contributed by atoms with Crippen molar-refractivity contribution in [2.45, 2.75) is 26.1 Å². The first kappa shape index (κ1) is 19.9. The third kappa shape index (κ3) is 4.69. The number of benzene rings is 1. The molecule has 0 saturated heterocycles. The molecule has 0 spiro atoms. The van der Waals surface area contributed by atoms with E-state index < -0.39 is 18.3 Å². The molecule has 7 nitrogen and oxygen atoms in total. The van der Waals surface area contributed by atoms with Gasteiger partial charge in [0.25, 0.3) is 0 Å². The largest absolute Gasteiger partial charge is 0.393 e. The molecule has 0 fully saturated rings. The molecule has 1 atom stereocenters. The van der Waals surface area contributed by atoms with Crippen LogP contribution in [0.3, 0.4) is 0 Å². The number of nitrogens with two attached hydrogens (primary N) is 1. The van der Waals surface area contributed by atoms with Crippen LogP contribution < -0.4 is 16.7 Å². The van der Waals surface area contributed by atoms with Gasteiger partial charge in [0.05, 0.1) is 19.2 Å². The molecule has 1 aromatic carbocycles. The summed E-state index contributed by atoms with van der Waals surface area (Å²) >= 11 is 0. The SMILES string of the molecule is CC(CN)CNc1ncc2[nH]c(=O)n(Cc3ccccc3CC(F)(F)F)c2n1. The zero-order valence-electron chi connectivity index (χ0n) is 15.3. The maximum Gasteiger partial charge on any atom is 0.393 e. The Morgan fingerprint density at radius 1 is 1.29 bits per heavy atom. The van der Waals surface area contributed by atoms with Crippen LogP contribution in [0.2, 0.25) is 0 Å². The first-order chi connectivity index (χ1) is 13.3. The van der Waals surface area contributed by atoms with Gasteiger partial charge in [-0.25, -0.2) is 9.78 Å². The Bertz CT molecular complexity index is 1010. The molecule has 3 rings (SSSR count). The summed E-state index contributed by atoms with van der Waals surface area (Å²) < 4.78 is 39.9. The number of imidazole rings is 1. The molecule has 0 amide bonds. The highest BCUT2D eigenvalue weighted by atomic mass is 19.4. The van der Waals surface area contributed by atoms with E-state index in [9.17, 15) is 18.0 Å². The van der Waals surface area contributed by atoms with Crippen molar-refractivity contribution in [3.05, 3.63) is 52.1 Å². The highest BCUT2D eigenvalue weighted by Gasteiger charge is 2.28. The fraction of sp³-hybridized carbons (Fsp3) is 0.389. The lowest BCUT2D eigenvalue weighted by Crippen LogP contribution is -2.21. The van der Waals surface area contributed by atoms with Crippen LogP contribution in [0.1, 0.15) is 18.1 Å². The number of hydrogen-bond acceptors (Lipinski definition) is 5. The minimum absolute atomic E-state index is 0.0270. The van der Waals surface area contributed by atoms with Crippen molar-refractivity contribution in [2.24, 2.45) is 11.7 Å². The monoisotopic (exact) mass is 394 g/mol. The van der Waals surface area contributed by atoms with Crippen molar-refractivity contribution < 1.29 is 13.2 Å². The number of anilines is 1. The topological polar surface area (TPSA) is 102 Å². The van der Waals surface area contributed by atoms with Gasteiger partial charge in [0.15, 0.2) is 5.65 Å². The lowest BCUT2D eigenvalue weighted by atomic mass is 10.0. The molecule has 0 bridgehead atoms. The Kier molecular flexibility index (Phi) is 5.68. The van der Waals surface area contributed by atoms with E-state index in [1.165, 1.54) is 16.8 Å². The van der Waals surface area contributed by atoms with Crippen molar-refractivity contribution in [1.29, 1.82) is 0 Å². The number of hydrogen-bond donors (Lipinski definition) is 3. The number of alkyl halides is 3. The lowest BCUT2D eigenvalue weighted by molar-refractivity contribution is -0.127. The van der Waals surface area contributed by atoms with Crippen LogP contribution in [-0.4, -0.2) is 38.8 Å². The summed E-state index contributed by atoms with van der Waals surface area (Å²) in [6.07, 6.45) is -3.92. The molecule has 3 aromatic rings. The van der Waals surface area contributed by atoms with Crippen LogP contribution in [0.4, 0.5) is 19.1 Å². The van der Waals surface area contributed by atoms with E-state index in [1.807, 2.05) is 6.92 Å². The number of aromatic amines is 1. The molecule has 150 valence electrons. The maximum atomic E-state index is 12.9. The molecule has 0 aliphatic rings. The van der Waals surface area contributed by atoms with Crippen LogP contribution in [0.15, 0.2) is 35.3 Å². The van der Waals surface area contributed by atoms with Gasteiger partial charge >= 0.3 is 11.9 Å². The van der Waals surface area contributed by atoms with Gasteiger partial charge in [0, 0.05) is 6.54 Å². The summed E-state index contributed by atoms with van der Waals surface area (Å²) in [6, 6.07) is 6.19. The predicted molar refractivity (Wildman–Crippen MR) is 100 cm³/mol. The number of fused-ring (bicyclic) bond motifs is 1. The average molecular weight is 394 g/mol. The second-order valence-electron chi connectivity index (χ2n) is 6.73. The van der Waals surface area contributed by atoms with Crippen LogP contribution in [0.5, 0.6) is 0 Å². The maximum absolute atomic E-state index is 12.9. The Morgan fingerprint density at radius 2 is 2.00 bits per heavy atom. The minimum Gasteiger partial charge on any atom is -0.354 e. The van der Waals surface area contributed by atoms with E-state index in [0.717, 1.165) is 0 Å². The Morgan fingerprint density at radius 3 is 2.68 bits per heavy atom. The molecule has 0 aliphatic heterocycles. The Balaban J connectivity index is 1.93. The minimum atomic E-state index is -4.33. The molecule has 28 heavy (non-hydrogen) atoms. The van der Waals surface area contributed by atoms with E-state index in [0.29, 0.717) is 35.8 Å². The zero-order valence-corrected chi connectivity index (χ0v) is 15.3. The van der Waals surface area contributed by atoms with E-state index >= 15 is 0 Å². The van der Waals surface area contributed by atoms with Gasteiger partial charge in [-0.2, -0.15) is 18.2 Å². The predicted octanol–water partition coefficient (Wildman–Crippen LogP) is 2.28. The van der Waals surface area contributed by atoms with Gasteiger partial charge in [-0.05, 0) is 23.6 Å². The van der Waals surface area contributed by atoms with E-state index in [2.05, 4.69) is 20.3 Å². The summed E-state index contributed by atoms with van der Waals surface area (Å²) in [4.78, 5) is 23.5. The van der Waals surface area contributed by atoms with Crippen molar-refractivity contribution in [3.63, 3.8) is 0 Å². The van der Waals surface area contributed by atoms with Crippen molar-refractivity contribution >= 4 is 17.1 Å². The van der Waals surface area contributed by atoms with E-state index in [4.69, 9.17) is 5.73 Å². The molecule has 1 unspecified atom stereocenters. The summed E-state index contributed by atoms with van der Waals surface area (Å²) in [6.45, 7) is 3.00. The van der Waals surface area contributed by atoms with E-state index in [1.54, 1.807) is 18.2 Å². The average Bonchev–Trinajstić information content (AvgIpc) is 2.95. The number of H-pyrrole nitrogens is 1. The number of nitrogens with one attached hydrogen (secondary N) is 2. The zero-order chi connectivity index (χ0) is 20.3. The fourth-order valence-corrected chi connectivity index (χ4v) is 2.80. The molecule has 2 aromatic heterocycles. The smallest absolute Gasteiger partial charge is 0.354 e. The summed E-state index contributed by atoms with van der Waals surface area (Å²) in [5.74, 6) is 0.533. The molecule has 0 radical (unpaired) electrons. The molecule has 0 aliphatic carbocycles. The first-order valence-electron chi connectivity index (χ1n) is 8.80. The first-order valence-corrected chi connectivity index (χ1v) is 8.80. The van der Waals surface area contributed by atoms with Gasteiger partial charge in [0.2, 0.25) is 5.95 Å². The van der Waals surface area contributed by atoms with Crippen LogP contribution in [-0.2, 0) is 13.0 Å². The Labute approximate surface area is 158 Å². The van der Waals surface area contributed by atoms with Crippen LogP contribution in [0.25, 0.3) is 11.2 Å². The number of halogens is 3. The highest BCUT2D eigenvalue weighted by molar-refractivity contribution is 5.71. The number of nitrogens with zero attached hydrogens (tertiary/aromatic N) is 3. The highest BCUT2D eigenvalue weighted by Crippen LogP contribution is 2.24. The molecule has 4 N–H and O–H groups in total. The number of aromatic nitrogens is 4. The van der Waals surface area contributed by atoms with Crippen LogP contribution in [0, 0.1) is 5.92 Å². The third-order valence-electron chi connectivity index (χ3n) is 4.36. The Hall–Kier alpha value is -2.88. The quantitative estimate of drug-likeness (QED) is 0.571. The normalized spacial score (nSPS) is 13.0. The molecular formula is C18H21F3N6O. The standard InChI is InChI=1S/C18H21F3N6O/c1-11(7-22)8-23-16-24-9-14-15(26-16)27(17(28)25-14)10-13-5-3-2-4-12(13)6-18(19,20)21/h2-5,9,11H,6-8,10,22H2,1H3,(H,25,28)(H,23,24,26). The van der Waals surface area contributed by atoms with Crippen molar-refractivity contribution in [2.75, 3.05) is 18.4 Å². The fourth-order valence-electron chi connectivity index (χ4n) is 2.80. The lowest BCUT2D eigenvalue weighted by Gasteiger charge is -2.13. The van der Waals surface area contributed by atoms with Gasteiger partial charge in [-0.3, -0.25) is 4.57 Å². The second kappa shape index (κ2) is 8.01. The van der Waals surface area contributed by atoms with Gasteiger partial charge in [0.1, 0.15) is 5.52 Å². The molecule has 0 saturated carbocycles. The van der Waals surface area contributed by atoms with Crippen LogP contribution >= 0.6 is 0 Å². The number of rotatable bonds is 7. The summed E-state index contributed by atoms with van der Waals surface area (Å²) in [5.41, 5.74) is 6.40. The molecular weight excluding hydrogens is 373 g/mol. The summed E-state index contributed by atoms with van der Waals surface area (Å²) in [7, 11) is 0. The van der Waals surface area contributed by atoms with Gasteiger partial charge in [-0.1, -0.05) is 31.2 Å².